The highest BCUT2D eigenvalue weighted by atomic mass is 35.5. The van der Waals surface area contributed by atoms with Gasteiger partial charge in [0, 0.05) is 89.5 Å². The van der Waals surface area contributed by atoms with Crippen LogP contribution in [0, 0.1) is 0 Å². The van der Waals surface area contributed by atoms with E-state index in [2.05, 4.69) is 25.4 Å². The summed E-state index contributed by atoms with van der Waals surface area (Å²) in [4.78, 5) is 20.8. The van der Waals surface area contributed by atoms with Crippen LogP contribution in [0.5, 0.6) is 0 Å². The molecule has 4 aromatic heterocycles. The van der Waals surface area contributed by atoms with Gasteiger partial charge in [-0.1, -0.05) is 35.3 Å². The number of piperazine rings is 2. The normalized spacial score (nSPS) is 26.1. The molecule has 5 saturated heterocycles. The smallest absolute Gasteiger partial charge is 0.216 e. The fourth-order valence-electron chi connectivity index (χ4n) is 8.98. The van der Waals surface area contributed by atoms with Crippen molar-refractivity contribution in [2.75, 3.05) is 80.3 Å². The van der Waals surface area contributed by atoms with Crippen LogP contribution in [0.2, 0.25) is 10.0 Å². The summed E-state index contributed by atoms with van der Waals surface area (Å²) in [6, 6.07) is 12.3. The predicted molar refractivity (Wildman–Crippen MR) is 254 cm³/mol. The molecule has 0 bridgehead atoms. The lowest BCUT2D eigenvalue weighted by atomic mass is 10.1. The third-order valence-electron chi connectivity index (χ3n) is 12.4. The average molecular weight is 1040 g/mol. The molecule has 0 aliphatic carbocycles. The highest BCUT2D eigenvalue weighted by Gasteiger charge is 2.61. The molecule has 5 fully saturated rings. The maximum Gasteiger partial charge on any atom is 0.216 e. The molecule has 5 aliphatic rings. The molecule has 0 saturated carbocycles. The van der Waals surface area contributed by atoms with E-state index in [9.17, 15) is 27.3 Å². The Morgan fingerprint density at radius 2 is 1.22 bits per heavy atom. The SMILES string of the molecule is CC1(C)OC[C@H](C2OC(N(O)[C@H](CS(=O)(=O)N3CCN(c4ccc(Cl)cn4)CC3)c3cccnc3)[C@@H]3OC(C)(C)O[C@H]23)O1.O=S(=O)(C[C@@H](NO)c1cccnc1)N1CCN(c2ccc(Cl)cn2)CC1. The number of ether oxygens (including phenoxy) is 5. The lowest BCUT2D eigenvalue weighted by Gasteiger charge is -2.37. The molecule has 0 radical (unpaired) electrons. The van der Waals surface area contributed by atoms with Crippen molar-refractivity contribution in [3.63, 3.8) is 0 Å². The number of fused-ring (bicyclic) bond motifs is 1. The quantitative estimate of drug-likeness (QED) is 0.153. The highest BCUT2D eigenvalue weighted by Crippen LogP contribution is 2.44. The molecule has 25 heteroatoms. The van der Waals surface area contributed by atoms with Gasteiger partial charge in [-0.25, -0.2) is 26.8 Å². The van der Waals surface area contributed by atoms with Gasteiger partial charge in [0.2, 0.25) is 20.0 Å². The van der Waals surface area contributed by atoms with E-state index >= 15 is 0 Å². The second-order valence-corrected chi connectivity index (χ2v) is 23.0. The minimum atomic E-state index is -3.84. The number of nitrogens with one attached hydrogen (secondary N) is 1. The number of pyridine rings is 4. The first-order valence-corrected chi connectivity index (χ1v) is 26.5. The standard InChI is InChI=1S/C28H38ClN5O8S.C16H20ClN5O3S/c1-27(2)38-16-21(40-27)23-24-25(42-28(3,4)41-24)26(39-23)34(35)20(18-6-5-9-30-14-18)17-43(36,37)33-12-10-32(11-13-33)22-8-7-19(29)15-31-22;17-14-3-4-16(19-11-14)21-6-8-22(9-7-21)26(24,25)12-15(20-23)13-2-1-5-18-10-13/h5-9,14-15,20-21,23-26,35H,10-13,16-17H2,1-4H3;1-5,10-11,15,20,23H,6-9,12H2/t20-,21-,23?,24-,25-,26?;15-/m11/s1. The lowest BCUT2D eigenvalue weighted by Crippen LogP contribution is -2.52. The average Bonchev–Trinajstić information content (AvgIpc) is 3.99. The number of aromatic nitrogens is 4. The van der Waals surface area contributed by atoms with Crippen molar-refractivity contribution >= 4 is 54.9 Å². The maximum atomic E-state index is 13.8. The Morgan fingerprint density at radius 3 is 1.68 bits per heavy atom. The number of sulfonamides is 2. The molecule has 3 N–H and O–H groups in total. The second kappa shape index (κ2) is 21.5. The minimum absolute atomic E-state index is 0.242. The monoisotopic (exact) mass is 1040 g/mol. The zero-order valence-corrected chi connectivity index (χ0v) is 41.7. The fourth-order valence-corrected chi connectivity index (χ4v) is 12.5. The van der Waals surface area contributed by atoms with Crippen LogP contribution in [0.1, 0.15) is 50.9 Å². The van der Waals surface area contributed by atoms with E-state index in [4.69, 9.17) is 46.9 Å². The molecule has 2 unspecified atom stereocenters. The van der Waals surface area contributed by atoms with Gasteiger partial charge in [-0.15, -0.1) is 0 Å². The van der Waals surface area contributed by atoms with E-state index in [1.807, 2.05) is 35.8 Å². The summed E-state index contributed by atoms with van der Waals surface area (Å²) in [5, 5.41) is 23.2. The van der Waals surface area contributed by atoms with Crippen LogP contribution in [0.25, 0.3) is 0 Å². The highest BCUT2D eigenvalue weighted by molar-refractivity contribution is 7.89. The second-order valence-electron chi connectivity index (χ2n) is 18.1. The summed E-state index contributed by atoms with van der Waals surface area (Å²) in [6.45, 7) is 10.8. The van der Waals surface area contributed by atoms with Gasteiger partial charge >= 0.3 is 0 Å². The molecule has 376 valence electrons. The van der Waals surface area contributed by atoms with Crippen LogP contribution in [0.15, 0.2) is 85.7 Å². The van der Waals surface area contributed by atoms with E-state index in [1.54, 1.807) is 81.2 Å². The van der Waals surface area contributed by atoms with Crippen LogP contribution < -0.4 is 15.3 Å². The predicted octanol–water partition coefficient (Wildman–Crippen LogP) is 3.71. The summed E-state index contributed by atoms with van der Waals surface area (Å²) >= 11 is 11.8. The number of nitrogens with zero attached hydrogens (tertiary/aromatic N) is 9. The van der Waals surface area contributed by atoms with E-state index in [0.717, 1.165) is 16.7 Å². The summed E-state index contributed by atoms with van der Waals surface area (Å²) in [7, 11) is -7.38. The Hall–Kier alpha value is -3.76. The van der Waals surface area contributed by atoms with E-state index in [0.29, 0.717) is 60.4 Å². The van der Waals surface area contributed by atoms with E-state index < -0.39 is 80.1 Å². The van der Waals surface area contributed by atoms with Gasteiger partial charge in [0.25, 0.3) is 0 Å². The minimum Gasteiger partial charge on any atom is -0.354 e. The van der Waals surface area contributed by atoms with Crippen LogP contribution in [-0.4, -0.2) is 174 Å². The summed E-state index contributed by atoms with van der Waals surface area (Å²) in [5.74, 6) is -0.877. The lowest BCUT2D eigenvalue weighted by molar-refractivity contribution is -0.282. The first-order valence-electron chi connectivity index (χ1n) is 22.5. The van der Waals surface area contributed by atoms with Crippen molar-refractivity contribution in [2.24, 2.45) is 0 Å². The van der Waals surface area contributed by atoms with Crippen molar-refractivity contribution in [3.05, 3.63) is 107 Å². The van der Waals surface area contributed by atoms with Crippen LogP contribution >= 0.6 is 23.2 Å². The van der Waals surface area contributed by atoms with Gasteiger partial charge < -0.3 is 43.9 Å². The summed E-state index contributed by atoms with van der Waals surface area (Å²) < 4.78 is 86.6. The summed E-state index contributed by atoms with van der Waals surface area (Å²) in [6.07, 6.45) is 6.00. The van der Waals surface area contributed by atoms with Crippen molar-refractivity contribution in [3.8, 4) is 0 Å². The molecule has 0 amide bonds. The van der Waals surface area contributed by atoms with Crippen LogP contribution in [0.3, 0.4) is 0 Å². The first-order chi connectivity index (χ1) is 32.8. The Bertz CT molecular complexity index is 2530. The molecule has 21 nitrogen and oxygen atoms in total. The van der Waals surface area contributed by atoms with Gasteiger partial charge in [-0.05, 0) is 75.2 Å². The molecule has 0 spiro atoms. The van der Waals surface area contributed by atoms with Gasteiger partial charge in [-0.2, -0.15) is 19.2 Å². The zero-order chi connectivity index (χ0) is 49.1. The Kier molecular flexibility index (Phi) is 16.1. The van der Waals surface area contributed by atoms with Crippen molar-refractivity contribution in [2.45, 2.75) is 82.0 Å². The van der Waals surface area contributed by atoms with Gasteiger partial charge in [0.1, 0.15) is 36.1 Å². The van der Waals surface area contributed by atoms with E-state index in [-0.39, 0.29) is 25.4 Å². The number of halogens is 2. The molecule has 69 heavy (non-hydrogen) atoms. The zero-order valence-electron chi connectivity index (χ0n) is 38.6. The number of hydrogen-bond acceptors (Lipinski definition) is 19. The Labute approximate surface area is 412 Å². The number of hydroxylamine groups is 3. The van der Waals surface area contributed by atoms with Gasteiger partial charge in [0.15, 0.2) is 17.8 Å². The van der Waals surface area contributed by atoms with Gasteiger partial charge in [-0.3, -0.25) is 9.97 Å². The molecule has 0 aromatic carbocycles. The molecular formula is C44H58Cl2N10O11S2. The topological polar surface area (TPSA) is 235 Å². The van der Waals surface area contributed by atoms with Crippen molar-refractivity contribution < 1.29 is 50.9 Å². The first kappa shape index (κ1) is 51.6. The largest absolute Gasteiger partial charge is 0.354 e. The molecule has 9 heterocycles. The third kappa shape index (κ3) is 12.5. The van der Waals surface area contributed by atoms with Gasteiger partial charge in [0.05, 0.1) is 40.2 Å². The third-order valence-corrected chi connectivity index (χ3v) is 16.7. The van der Waals surface area contributed by atoms with Crippen LogP contribution in [-0.2, 0) is 43.7 Å². The molecular weight excluding hydrogens is 980 g/mol. The maximum absolute atomic E-state index is 13.8. The Morgan fingerprint density at radius 1 is 0.696 bits per heavy atom. The van der Waals surface area contributed by atoms with Crippen molar-refractivity contribution in [1.82, 2.24) is 39.1 Å². The van der Waals surface area contributed by atoms with Crippen molar-refractivity contribution in [1.29, 1.82) is 0 Å². The molecule has 4 aromatic rings. The van der Waals surface area contributed by atoms with E-state index in [1.165, 1.54) is 14.8 Å². The van der Waals surface area contributed by atoms with Crippen LogP contribution in [0.4, 0.5) is 11.6 Å². The number of hydrogen-bond donors (Lipinski definition) is 3. The number of anilines is 2. The number of rotatable bonds is 14. The fraction of sp³-hybridized carbons (Fsp3) is 0.545. The summed E-state index contributed by atoms with van der Waals surface area (Å²) in [5.41, 5.74) is 3.20. The molecule has 9 rings (SSSR count). The Balaban J connectivity index is 0.000000211. The molecule has 5 aliphatic heterocycles. The molecule has 7 atom stereocenters.